The first-order valence-electron chi connectivity index (χ1n) is 8.48. The van der Waals surface area contributed by atoms with Gasteiger partial charge in [-0.3, -0.25) is 4.90 Å². The number of hydrogen-bond acceptors (Lipinski definition) is 3. The van der Waals surface area contributed by atoms with E-state index in [0.29, 0.717) is 11.8 Å². The summed E-state index contributed by atoms with van der Waals surface area (Å²) < 4.78 is 0. The highest BCUT2D eigenvalue weighted by Gasteiger charge is 2.30. The topological polar surface area (TPSA) is 35.5 Å². The number of nitrogens with zero attached hydrogens (tertiary/aromatic N) is 1. The first-order chi connectivity index (χ1) is 10.2. The predicted molar refractivity (Wildman–Crippen MR) is 86.6 cm³/mol. The van der Waals surface area contributed by atoms with E-state index in [-0.39, 0.29) is 0 Å². The normalized spacial score (nSPS) is 28.6. The van der Waals surface area contributed by atoms with Crippen LogP contribution in [-0.2, 0) is 6.42 Å². The van der Waals surface area contributed by atoms with Crippen LogP contribution in [0, 0.1) is 5.92 Å². The van der Waals surface area contributed by atoms with Gasteiger partial charge in [0.05, 0.1) is 0 Å². The molecule has 1 aromatic rings. The number of phenols is 1. The summed E-state index contributed by atoms with van der Waals surface area (Å²) in [5, 5.41) is 13.1. The lowest BCUT2D eigenvalue weighted by Crippen LogP contribution is -2.47. The maximum Gasteiger partial charge on any atom is 0.115 e. The third kappa shape index (κ3) is 3.78. The van der Waals surface area contributed by atoms with Crippen LogP contribution in [0.25, 0.3) is 0 Å². The van der Waals surface area contributed by atoms with Crippen LogP contribution < -0.4 is 5.32 Å². The molecule has 2 heterocycles. The molecule has 0 radical (unpaired) electrons. The quantitative estimate of drug-likeness (QED) is 0.894. The van der Waals surface area contributed by atoms with Crippen molar-refractivity contribution in [3.63, 3.8) is 0 Å². The molecule has 3 heteroatoms. The second-order valence-electron chi connectivity index (χ2n) is 6.82. The first-order valence-corrected chi connectivity index (χ1v) is 8.48. The first kappa shape index (κ1) is 14.9. The van der Waals surface area contributed by atoms with Crippen molar-refractivity contribution in [2.75, 3.05) is 19.6 Å². The molecule has 3 unspecified atom stereocenters. The molecule has 3 atom stereocenters. The zero-order chi connectivity index (χ0) is 14.7. The van der Waals surface area contributed by atoms with Gasteiger partial charge in [0.25, 0.3) is 0 Å². The van der Waals surface area contributed by atoms with Gasteiger partial charge >= 0.3 is 0 Å². The lowest BCUT2D eigenvalue weighted by molar-refractivity contribution is 0.114. The van der Waals surface area contributed by atoms with Gasteiger partial charge < -0.3 is 10.4 Å². The fourth-order valence-electron chi connectivity index (χ4n) is 3.99. The Morgan fingerprint density at radius 2 is 2.05 bits per heavy atom. The summed E-state index contributed by atoms with van der Waals surface area (Å²) in [5.41, 5.74) is 1.32. The molecule has 21 heavy (non-hydrogen) atoms. The summed E-state index contributed by atoms with van der Waals surface area (Å²) in [7, 11) is 0. The van der Waals surface area contributed by atoms with Gasteiger partial charge in [0.1, 0.15) is 5.75 Å². The van der Waals surface area contributed by atoms with Crippen LogP contribution in [0.1, 0.15) is 38.2 Å². The predicted octanol–water partition coefficient (Wildman–Crippen LogP) is 2.79. The molecule has 2 aliphatic rings. The zero-order valence-electron chi connectivity index (χ0n) is 13.1. The minimum absolute atomic E-state index is 0.358. The minimum atomic E-state index is 0.358. The van der Waals surface area contributed by atoms with E-state index in [4.69, 9.17) is 0 Å². The number of aromatic hydroxyl groups is 1. The molecular weight excluding hydrogens is 260 g/mol. The van der Waals surface area contributed by atoms with Crippen molar-refractivity contribution in [1.82, 2.24) is 10.2 Å². The van der Waals surface area contributed by atoms with Crippen molar-refractivity contribution in [3.8, 4) is 5.75 Å². The third-order valence-electron chi connectivity index (χ3n) is 5.25. The Balaban J connectivity index is 1.56. The number of hydrogen-bond donors (Lipinski definition) is 2. The minimum Gasteiger partial charge on any atom is -0.508 e. The maximum absolute atomic E-state index is 9.38. The Labute approximate surface area is 128 Å². The van der Waals surface area contributed by atoms with E-state index in [1.165, 1.54) is 50.9 Å². The van der Waals surface area contributed by atoms with Crippen LogP contribution in [0.3, 0.4) is 0 Å². The van der Waals surface area contributed by atoms with Gasteiger partial charge in [0.15, 0.2) is 0 Å². The van der Waals surface area contributed by atoms with Crippen molar-refractivity contribution in [1.29, 1.82) is 0 Å². The van der Waals surface area contributed by atoms with Crippen LogP contribution in [0.4, 0.5) is 0 Å². The molecule has 2 saturated heterocycles. The van der Waals surface area contributed by atoms with E-state index in [1.807, 2.05) is 12.1 Å². The average molecular weight is 288 g/mol. The molecule has 0 aromatic heterocycles. The number of nitrogens with one attached hydrogen (secondary N) is 1. The number of phenolic OH excluding ortho intramolecular Hbond substituents is 1. The number of piperidine rings is 1. The van der Waals surface area contributed by atoms with E-state index in [9.17, 15) is 5.11 Å². The van der Waals surface area contributed by atoms with Crippen molar-refractivity contribution in [3.05, 3.63) is 29.8 Å². The Kier molecular flexibility index (Phi) is 4.81. The molecule has 3 nitrogen and oxygen atoms in total. The van der Waals surface area contributed by atoms with E-state index in [0.717, 1.165) is 18.4 Å². The van der Waals surface area contributed by atoms with Crippen LogP contribution in [0.2, 0.25) is 0 Å². The van der Waals surface area contributed by atoms with E-state index in [2.05, 4.69) is 17.1 Å². The highest BCUT2D eigenvalue weighted by atomic mass is 16.3. The maximum atomic E-state index is 9.38. The highest BCUT2D eigenvalue weighted by molar-refractivity contribution is 5.26. The molecule has 0 aliphatic carbocycles. The standard InChI is InChI=1S/C18H28N2O/c1-14(12-15-6-8-17(21)9-7-15)20-11-3-4-16(13-20)18-5-2-10-19-18/h6-9,14,16,18-19,21H,2-5,10-13H2,1H3. The van der Waals surface area contributed by atoms with Crippen LogP contribution >= 0.6 is 0 Å². The second kappa shape index (κ2) is 6.80. The van der Waals surface area contributed by atoms with Gasteiger partial charge in [-0.25, -0.2) is 0 Å². The lowest BCUT2D eigenvalue weighted by atomic mass is 9.88. The Bertz CT molecular complexity index is 439. The molecule has 0 bridgehead atoms. The molecule has 1 aromatic carbocycles. The summed E-state index contributed by atoms with van der Waals surface area (Å²) in [6.07, 6.45) is 6.52. The number of rotatable bonds is 4. The second-order valence-corrected chi connectivity index (χ2v) is 6.82. The summed E-state index contributed by atoms with van der Waals surface area (Å²) in [6.45, 7) is 6.04. The summed E-state index contributed by atoms with van der Waals surface area (Å²) >= 11 is 0. The fourth-order valence-corrected chi connectivity index (χ4v) is 3.99. The largest absolute Gasteiger partial charge is 0.508 e. The third-order valence-corrected chi connectivity index (χ3v) is 5.25. The van der Waals surface area contributed by atoms with Gasteiger partial charge in [-0.2, -0.15) is 0 Å². The molecule has 0 saturated carbocycles. The van der Waals surface area contributed by atoms with Gasteiger partial charge in [-0.15, -0.1) is 0 Å². The average Bonchev–Trinajstić information content (AvgIpc) is 3.04. The number of likely N-dealkylation sites (tertiary alicyclic amines) is 1. The Morgan fingerprint density at radius 1 is 1.24 bits per heavy atom. The lowest BCUT2D eigenvalue weighted by Gasteiger charge is -2.39. The molecule has 116 valence electrons. The SMILES string of the molecule is CC(Cc1ccc(O)cc1)N1CCCC(C2CCCN2)C1. The van der Waals surface area contributed by atoms with Crippen molar-refractivity contribution >= 4 is 0 Å². The van der Waals surface area contributed by atoms with Gasteiger partial charge in [0, 0.05) is 18.6 Å². The molecule has 0 spiro atoms. The van der Waals surface area contributed by atoms with Gasteiger partial charge in [0.2, 0.25) is 0 Å². The van der Waals surface area contributed by atoms with Gasteiger partial charge in [-0.1, -0.05) is 12.1 Å². The zero-order valence-corrected chi connectivity index (χ0v) is 13.1. The highest BCUT2D eigenvalue weighted by Crippen LogP contribution is 2.26. The number of benzene rings is 1. The molecule has 2 N–H and O–H groups in total. The molecule has 0 amide bonds. The van der Waals surface area contributed by atoms with Crippen LogP contribution in [-0.4, -0.2) is 41.7 Å². The summed E-state index contributed by atoms with van der Waals surface area (Å²) in [5.74, 6) is 1.19. The van der Waals surface area contributed by atoms with E-state index >= 15 is 0 Å². The fraction of sp³-hybridized carbons (Fsp3) is 0.667. The van der Waals surface area contributed by atoms with Crippen molar-refractivity contribution in [2.45, 2.75) is 51.1 Å². The van der Waals surface area contributed by atoms with E-state index < -0.39 is 0 Å². The summed E-state index contributed by atoms with van der Waals surface area (Å²) in [6, 6.07) is 9.03. The summed E-state index contributed by atoms with van der Waals surface area (Å²) in [4.78, 5) is 2.67. The van der Waals surface area contributed by atoms with Crippen LogP contribution in [0.5, 0.6) is 5.75 Å². The Hall–Kier alpha value is -1.06. The smallest absolute Gasteiger partial charge is 0.115 e. The van der Waals surface area contributed by atoms with Gasteiger partial charge in [-0.05, 0) is 75.7 Å². The Morgan fingerprint density at radius 3 is 2.76 bits per heavy atom. The molecule has 3 rings (SSSR count). The molecule has 2 aliphatic heterocycles. The van der Waals surface area contributed by atoms with E-state index in [1.54, 1.807) is 12.1 Å². The van der Waals surface area contributed by atoms with Crippen molar-refractivity contribution < 1.29 is 5.11 Å². The van der Waals surface area contributed by atoms with Crippen molar-refractivity contribution in [2.24, 2.45) is 5.92 Å². The molecular formula is C18H28N2O. The van der Waals surface area contributed by atoms with Crippen LogP contribution in [0.15, 0.2) is 24.3 Å². The molecule has 2 fully saturated rings. The monoisotopic (exact) mass is 288 g/mol.